The highest BCUT2D eigenvalue weighted by Gasteiger charge is 2.03. The van der Waals surface area contributed by atoms with Crippen molar-refractivity contribution in [1.82, 2.24) is 0 Å². The highest BCUT2D eigenvalue weighted by Crippen LogP contribution is 2.17. The van der Waals surface area contributed by atoms with Crippen LogP contribution in [0.25, 0.3) is 0 Å². The van der Waals surface area contributed by atoms with E-state index in [9.17, 15) is 0 Å². The van der Waals surface area contributed by atoms with Crippen LogP contribution in [-0.4, -0.2) is 12.5 Å². The fraction of sp³-hybridized carbons (Fsp3) is 0.300. The van der Waals surface area contributed by atoms with Crippen molar-refractivity contribution in [3.63, 3.8) is 0 Å². The van der Waals surface area contributed by atoms with E-state index in [1.165, 1.54) is 0 Å². The zero-order valence-corrected chi connectivity index (χ0v) is 9.71. The maximum Gasteiger partial charge on any atom is 0.213 e. The summed E-state index contributed by atoms with van der Waals surface area (Å²) in [4.78, 5) is 0. The lowest BCUT2D eigenvalue weighted by Gasteiger charge is -2.05. The van der Waals surface area contributed by atoms with Crippen LogP contribution in [-0.2, 0) is 4.74 Å². The first-order chi connectivity index (χ1) is 6.15. The molecule has 0 aliphatic heterocycles. The maximum atomic E-state index is 7.52. The Hall–Kier alpha value is -0.730. The molecule has 1 N–H and O–H groups in total. The van der Waals surface area contributed by atoms with Crippen molar-refractivity contribution in [2.75, 3.05) is 6.61 Å². The second kappa shape index (κ2) is 5.89. The Balaban J connectivity index is 0.00000169. The quantitative estimate of drug-likeness (QED) is 0.617. The summed E-state index contributed by atoms with van der Waals surface area (Å²) in [7, 11) is 0. The van der Waals surface area contributed by atoms with Gasteiger partial charge in [0.25, 0.3) is 0 Å². The molecule has 0 spiro atoms. The third-order valence-electron chi connectivity index (χ3n) is 1.72. The molecule has 0 atom stereocenters. The molecule has 0 heterocycles. The van der Waals surface area contributed by atoms with Gasteiger partial charge in [0.15, 0.2) is 0 Å². The summed E-state index contributed by atoms with van der Waals surface area (Å²) in [5.41, 5.74) is 1.73. The van der Waals surface area contributed by atoms with Crippen molar-refractivity contribution in [2.45, 2.75) is 13.8 Å². The van der Waals surface area contributed by atoms with E-state index < -0.39 is 0 Å². The van der Waals surface area contributed by atoms with Crippen LogP contribution in [0.15, 0.2) is 18.2 Å². The van der Waals surface area contributed by atoms with Crippen molar-refractivity contribution < 1.29 is 4.74 Å². The van der Waals surface area contributed by atoms with Crippen LogP contribution in [0.4, 0.5) is 0 Å². The summed E-state index contributed by atoms with van der Waals surface area (Å²) >= 11 is 5.91. The molecule has 4 heteroatoms. The van der Waals surface area contributed by atoms with Gasteiger partial charge in [-0.3, -0.25) is 5.41 Å². The monoisotopic (exact) mass is 233 g/mol. The Morgan fingerprint density at radius 1 is 1.50 bits per heavy atom. The van der Waals surface area contributed by atoms with E-state index in [2.05, 4.69) is 0 Å². The van der Waals surface area contributed by atoms with Gasteiger partial charge in [-0.25, -0.2) is 0 Å². The van der Waals surface area contributed by atoms with E-state index in [0.717, 1.165) is 11.1 Å². The van der Waals surface area contributed by atoms with Crippen LogP contribution < -0.4 is 0 Å². The van der Waals surface area contributed by atoms with Gasteiger partial charge >= 0.3 is 0 Å². The number of hydrogen-bond acceptors (Lipinski definition) is 2. The van der Waals surface area contributed by atoms with Gasteiger partial charge in [0.05, 0.1) is 6.61 Å². The number of halogens is 2. The lowest BCUT2D eigenvalue weighted by molar-refractivity contribution is 0.325. The minimum absolute atomic E-state index is 0. The van der Waals surface area contributed by atoms with Crippen molar-refractivity contribution >= 4 is 29.9 Å². The van der Waals surface area contributed by atoms with Crippen molar-refractivity contribution in [3.05, 3.63) is 34.3 Å². The van der Waals surface area contributed by atoms with Gasteiger partial charge in [-0.15, -0.1) is 12.4 Å². The molecule has 1 aromatic rings. The van der Waals surface area contributed by atoms with Gasteiger partial charge in [0.2, 0.25) is 5.90 Å². The summed E-state index contributed by atoms with van der Waals surface area (Å²) in [5, 5.41) is 8.18. The minimum Gasteiger partial charge on any atom is -0.478 e. The molecule has 0 aliphatic carbocycles. The van der Waals surface area contributed by atoms with Gasteiger partial charge in [-0.1, -0.05) is 17.7 Å². The number of hydrogen-bond donors (Lipinski definition) is 1. The smallest absolute Gasteiger partial charge is 0.213 e. The lowest BCUT2D eigenvalue weighted by Crippen LogP contribution is -2.04. The first-order valence-corrected chi connectivity index (χ1v) is 4.50. The molecule has 0 aromatic heterocycles. The van der Waals surface area contributed by atoms with Gasteiger partial charge in [-0.05, 0) is 31.5 Å². The zero-order chi connectivity index (χ0) is 9.84. The molecule has 0 amide bonds. The summed E-state index contributed by atoms with van der Waals surface area (Å²) in [6, 6.07) is 5.46. The molecule has 0 aliphatic rings. The Labute approximate surface area is 95.1 Å². The number of benzene rings is 1. The van der Waals surface area contributed by atoms with Crippen LogP contribution >= 0.6 is 24.0 Å². The van der Waals surface area contributed by atoms with Gasteiger partial charge in [-0.2, -0.15) is 0 Å². The third-order valence-corrected chi connectivity index (χ3v) is 2.13. The van der Waals surface area contributed by atoms with Crippen molar-refractivity contribution in [1.29, 1.82) is 5.41 Å². The SMILES string of the molecule is CCOC(=N)c1ccc(C)c(Cl)c1.Cl. The summed E-state index contributed by atoms with van der Waals surface area (Å²) in [6.45, 7) is 4.28. The Morgan fingerprint density at radius 2 is 2.14 bits per heavy atom. The Kier molecular flexibility index (Phi) is 5.58. The van der Waals surface area contributed by atoms with Crippen LogP contribution in [0.1, 0.15) is 18.1 Å². The molecule has 78 valence electrons. The van der Waals surface area contributed by atoms with Crippen molar-refractivity contribution in [2.24, 2.45) is 0 Å². The number of rotatable bonds is 2. The topological polar surface area (TPSA) is 33.1 Å². The highest BCUT2D eigenvalue weighted by atomic mass is 35.5. The molecule has 0 saturated carbocycles. The summed E-state index contributed by atoms with van der Waals surface area (Å²) < 4.78 is 5.05. The minimum atomic E-state index is 0. The highest BCUT2D eigenvalue weighted by molar-refractivity contribution is 6.31. The number of nitrogens with one attached hydrogen (secondary N) is 1. The predicted octanol–water partition coefficient (Wildman–Crippen LogP) is 3.43. The van der Waals surface area contributed by atoms with E-state index >= 15 is 0 Å². The summed E-state index contributed by atoms with van der Waals surface area (Å²) in [5.74, 6) is 0.171. The Morgan fingerprint density at radius 3 is 2.64 bits per heavy atom. The third kappa shape index (κ3) is 3.20. The maximum absolute atomic E-state index is 7.52. The first-order valence-electron chi connectivity index (χ1n) is 4.13. The van der Waals surface area contributed by atoms with E-state index in [1.807, 2.05) is 26.0 Å². The summed E-state index contributed by atoms with van der Waals surface area (Å²) in [6.07, 6.45) is 0. The van der Waals surface area contributed by atoms with Crippen LogP contribution in [0.5, 0.6) is 0 Å². The van der Waals surface area contributed by atoms with Gasteiger partial charge < -0.3 is 4.74 Å². The fourth-order valence-electron chi connectivity index (χ4n) is 0.962. The molecule has 2 nitrogen and oxygen atoms in total. The number of aryl methyl sites for hydroxylation is 1. The van der Waals surface area contributed by atoms with E-state index in [0.29, 0.717) is 11.6 Å². The molecule has 0 radical (unpaired) electrons. The average molecular weight is 234 g/mol. The molecule has 0 fully saturated rings. The lowest BCUT2D eigenvalue weighted by atomic mass is 10.1. The first kappa shape index (κ1) is 13.3. The largest absolute Gasteiger partial charge is 0.478 e. The molecule has 1 aromatic carbocycles. The Bertz CT molecular complexity index is 326. The molecule has 0 saturated heterocycles. The molecule has 1 rings (SSSR count). The normalized spacial score (nSPS) is 9.07. The second-order valence-electron chi connectivity index (χ2n) is 2.73. The van der Waals surface area contributed by atoms with Crippen LogP contribution in [0.3, 0.4) is 0 Å². The molecular weight excluding hydrogens is 221 g/mol. The van der Waals surface area contributed by atoms with E-state index in [1.54, 1.807) is 6.07 Å². The second-order valence-corrected chi connectivity index (χ2v) is 3.13. The molecule has 14 heavy (non-hydrogen) atoms. The average Bonchev–Trinajstić information content (AvgIpc) is 2.10. The van der Waals surface area contributed by atoms with Crippen LogP contribution in [0, 0.1) is 12.3 Å². The molecular formula is C10H13Cl2NO. The molecule has 0 bridgehead atoms. The number of ether oxygens (including phenoxy) is 1. The van der Waals surface area contributed by atoms with Crippen LogP contribution in [0.2, 0.25) is 5.02 Å². The van der Waals surface area contributed by atoms with Gasteiger partial charge in [0.1, 0.15) is 0 Å². The zero-order valence-electron chi connectivity index (χ0n) is 8.13. The van der Waals surface area contributed by atoms with Crippen molar-refractivity contribution in [3.8, 4) is 0 Å². The van der Waals surface area contributed by atoms with E-state index in [4.69, 9.17) is 21.7 Å². The molecule has 0 unspecified atom stereocenters. The fourth-order valence-corrected chi connectivity index (χ4v) is 1.14. The standard InChI is InChI=1S/C10H12ClNO.ClH/c1-3-13-10(12)8-5-4-7(2)9(11)6-8;/h4-6,12H,3H2,1-2H3;1H. The predicted molar refractivity (Wildman–Crippen MR) is 61.9 cm³/mol. The van der Waals surface area contributed by atoms with E-state index in [-0.39, 0.29) is 18.3 Å². The van der Waals surface area contributed by atoms with Gasteiger partial charge in [0, 0.05) is 10.6 Å².